The van der Waals surface area contributed by atoms with Crippen molar-refractivity contribution in [2.45, 2.75) is 12.5 Å². The predicted octanol–water partition coefficient (Wildman–Crippen LogP) is 0.600. The van der Waals surface area contributed by atoms with Crippen molar-refractivity contribution in [1.29, 1.82) is 0 Å². The molecule has 0 aliphatic heterocycles. The second-order valence-corrected chi connectivity index (χ2v) is 3.39. The van der Waals surface area contributed by atoms with Gasteiger partial charge in [-0.1, -0.05) is 12.1 Å². The van der Waals surface area contributed by atoms with Gasteiger partial charge in [0.1, 0.15) is 6.04 Å². The van der Waals surface area contributed by atoms with Crippen LogP contribution in [0.5, 0.6) is 0 Å². The fraction of sp³-hybridized carbons (Fsp3) is 0.273. The molecule has 0 aliphatic carbocycles. The average Bonchev–Trinajstić information content (AvgIpc) is 2.26. The van der Waals surface area contributed by atoms with Crippen LogP contribution in [0.1, 0.15) is 15.9 Å². The lowest BCUT2D eigenvalue weighted by Crippen LogP contribution is -2.35. The van der Waals surface area contributed by atoms with Crippen LogP contribution < -0.4 is 5.32 Å². The highest BCUT2D eigenvalue weighted by molar-refractivity contribution is 5.87. The number of carbonyl (C=O) groups is 2. The molecule has 0 spiro atoms. The topological polar surface area (TPSA) is 86.6 Å². The number of nitrogens with one attached hydrogen (secondary N) is 1. The minimum Gasteiger partial charge on any atom is -0.480 e. The van der Waals surface area contributed by atoms with Crippen LogP contribution in [0.4, 0.5) is 0 Å². The van der Waals surface area contributed by atoms with E-state index in [0.717, 1.165) is 5.56 Å². The number of benzene rings is 1. The van der Waals surface area contributed by atoms with Crippen LogP contribution in [0.2, 0.25) is 0 Å². The average molecular weight is 223 g/mol. The minimum atomic E-state index is -0.991. The van der Waals surface area contributed by atoms with Gasteiger partial charge < -0.3 is 15.5 Å². The lowest BCUT2D eigenvalue weighted by Gasteiger charge is -2.10. The van der Waals surface area contributed by atoms with Crippen molar-refractivity contribution < 1.29 is 19.8 Å². The molecular formula is C11H13NO4. The van der Waals surface area contributed by atoms with E-state index in [9.17, 15) is 9.59 Å². The summed E-state index contributed by atoms with van der Waals surface area (Å²) in [7, 11) is 1.57. The smallest absolute Gasteiger partial charge is 0.335 e. The molecule has 3 N–H and O–H groups in total. The summed E-state index contributed by atoms with van der Waals surface area (Å²) in [6.45, 7) is 0. The fourth-order valence-corrected chi connectivity index (χ4v) is 1.33. The largest absolute Gasteiger partial charge is 0.480 e. The Morgan fingerprint density at radius 3 is 2.19 bits per heavy atom. The number of hydrogen-bond acceptors (Lipinski definition) is 3. The standard InChI is InChI=1S/C11H13NO4/c1-12-9(11(15)16)6-7-2-4-8(5-3-7)10(13)14/h2-5,9,12H,6H2,1H3,(H,13,14)(H,15,16)/t9-/m0/s1. The van der Waals surface area contributed by atoms with E-state index in [-0.39, 0.29) is 5.56 Å². The molecule has 0 aliphatic rings. The Bertz CT molecular complexity index is 385. The van der Waals surface area contributed by atoms with E-state index in [4.69, 9.17) is 10.2 Å². The monoisotopic (exact) mass is 223 g/mol. The zero-order valence-corrected chi connectivity index (χ0v) is 8.80. The molecule has 0 unspecified atom stereocenters. The SMILES string of the molecule is CN[C@@H](Cc1ccc(C(=O)O)cc1)C(=O)O. The van der Waals surface area contributed by atoms with Crippen molar-refractivity contribution in [2.75, 3.05) is 7.05 Å². The maximum absolute atomic E-state index is 10.8. The van der Waals surface area contributed by atoms with Crippen LogP contribution in [0, 0.1) is 0 Å². The van der Waals surface area contributed by atoms with E-state index in [2.05, 4.69) is 5.32 Å². The third-order valence-electron chi connectivity index (χ3n) is 2.29. The first-order valence-electron chi connectivity index (χ1n) is 4.77. The quantitative estimate of drug-likeness (QED) is 0.680. The van der Waals surface area contributed by atoms with Gasteiger partial charge in [0.25, 0.3) is 0 Å². The van der Waals surface area contributed by atoms with E-state index >= 15 is 0 Å². The normalized spacial score (nSPS) is 12.1. The summed E-state index contributed by atoms with van der Waals surface area (Å²) in [6, 6.07) is 5.52. The van der Waals surface area contributed by atoms with Crippen LogP contribution in [0.3, 0.4) is 0 Å². The van der Waals surface area contributed by atoms with Gasteiger partial charge in [-0.05, 0) is 31.2 Å². The van der Waals surface area contributed by atoms with E-state index in [1.807, 2.05) is 0 Å². The molecule has 16 heavy (non-hydrogen) atoms. The zero-order chi connectivity index (χ0) is 12.1. The Morgan fingerprint density at radius 1 is 1.25 bits per heavy atom. The van der Waals surface area contributed by atoms with Crippen molar-refractivity contribution in [3.8, 4) is 0 Å². The van der Waals surface area contributed by atoms with Gasteiger partial charge in [0, 0.05) is 0 Å². The van der Waals surface area contributed by atoms with Gasteiger partial charge in [0.15, 0.2) is 0 Å². The van der Waals surface area contributed by atoms with Crippen LogP contribution in [0.15, 0.2) is 24.3 Å². The molecule has 0 saturated heterocycles. The fourth-order valence-electron chi connectivity index (χ4n) is 1.33. The maximum Gasteiger partial charge on any atom is 0.335 e. The van der Waals surface area contributed by atoms with E-state index in [1.54, 1.807) is 19.2 Å². The Hall–Kier alpha value is -1.88. The molecule has 0 fully saturated rings. The van der Waals surface area contributed by atoms with Gasteiger partial charge in [0.05, 0.1) is 5.56 Å². The van der Waals surface area contributed by atoms with Crippen LogP contribution in [-0.4, -0.2) is 35.2 Å². The highest BCUT2D eigenvalue weighted by Gasteiger charge is 2.15. The number of likely N-dealkylation sites (N-methyl/N-ethyl adjacent to an activating group) is 1. The molecular weight excluding hydrogens is 210 g/mol. The molecule has 1 atom stereocenters. The first kappa shape index (κ1) is 12.2. The van der Waals surface area contributed by atoms with Crippen molar-refractivity contribution >= 4 is 11.9 Å². The summed E-state index contributed by atoms with van der Waals surface area (Å²) in [6.07, 6.45) is 0.325. The van der Waals surface area contributed by atoms with Crippen molar-refractivity contribution in [3.63, 3.8) is 0 Å². The molecule has 5 heteroatoms. The van der Waals surface area contributed by atoms with Crippen LogP contribution in [0.25, 0.3) is 0 Å². The highest BCUT2D eigenvalue weighted by atomic mass is 16.4. The molecule has 0 heterocycles. The van der Waals surface area contributed by atoms with Crippen LogP contribution >= 0.6 is 0 Å². The molecule has 0 amide bonds. The van der Waals surface area contributed by atoms with E-state index < -0.39 is 18.0 Å². The van der Waals surface area contributed by atoms with Gasteiger partial charge >= 0.3 is 11.9 Å². The lowest BCUT2D eigenvalue weighted by atomic mass is 10.0. The van der Waals surface area contributed by atoms with Gasteiger partial charge in [-0.2, -0.15) is 0 Å². The van der Waals surface area contributed by atoms with Gasteiger partial charge in [0.2, 0.25) is 0 Å². The Balaban J connectivity index is 2.75. The maximum atomic E-state index is 10.8. The Labute approximate surface area is 92.7 Å². The third kappa shape index (κ3) is 3.06. The summed E-state index contributed by atoms with van der Waals surface area (Å²) in [5.41, 5.74) is 0.979. The third-order valence-corrected chi connectivity index (χ3v) is 2.29. The minimum absolute atomic E-state index is 0.195. The predicted molar refractivity (Wildman–Crippen MR) is 57.6 cm³/mol. The zero-order valence-electron chi connectivity index (χ0n) is 8.80. The summed E-state index contributed by atoms with van der Waals surface area (Å²) < 4.78 is 0. The first-order valence-corrected chi connectivity index (χ1v) is 4.77. The second kappa shape index (κ2) is 5.27. The number of carboxylic acids is 2. The van der Waals surface area contributed by atoms with Gasteiger partial charge in [-0.15, -0.1) is 0 Å². The number of hydrogen-bond donors (Lipinski definition) is 3. The van der Waals surface area contributed by atoms with Crippen molar-refractivity contribution in [1.82, 2.24) is 5.32 Å². The molecule has 0 saturated carbocycles. The molecule has 86 valence electrons. The van der Waals surface area contributed by atoms with Crippen molar-refractivity contribution in [2.24, 2.45) is 0 Å². The van der Waals surface area contributed by atoms with Gasteiger partial charge in [-0.25, -0.2) is 4.79 Å². The highest BCUT2D eigenvalue weighted by Crippen LogP contribution is 2.07. The summed E-state index contributed by atoms with van der Waals surface area (Å²) in [4.78, 5) is 21.3. The molecule has 0 aromatic heterocycles. The Morgan fingerprint density at radius 2 is 1.81 bits per heavy atom. The summed E-state index contributed by atoms with van der Waals surface area (Å²) in [5, 5.41) is 20.2. The van der Waals surface area contributed by atoms with Crippen molar-refractivity contribution in [3.05, 3.63) is 35.4 Å². The summed E-state index contributed by atoms with van der Waals surface area (Å²) >= 11 is 0. The number of carboxylic acid groups (broad SMARTS) is 2. The van der Waals surface area contributed by atoms with E-state index in [1.165, 1.54) is 12.1 Å². The molecule has 1 aromatic rings. The second-order valence-electron chi connectivity index (χ2n) is 3.39. The molecule has 0 radical (unpaired) electrons. The molecule has 1 aromatic carbocycles. The lowest BCUT2D eigenvalue weighted by molar-refractivity contribution is -0.139. The molecule has 5 nitrogen and oxygen atoms in total. The first-order chi connectivity index (χ1) is 7.54. The van der Waals surface area contributed by atoms with Crippen LogP contribution in [-0.2, 0) is 11.2 Å². The number of rotatable bonds is 5. The molecule has 0 bridgehead atoms. The van der Waals surface area contributed by atoms with E-state index in [0.29, 0.717) is 6.42 Å². The molecule has 1 rings (SSSR count). The summed E-state index contributed by atoms with van der Waals surface area (Å²) in [5.74, 6) is -1.92. The van der Waals surface area contributed by atoms with Gasteiger partial charge in [-0.3, -0.25) is 4.79 Å². The Kier molecular flexibility index (Phi) is 4.02. The number of aromatic carboxylic acids is 1. The number of aliphatic carboxylic acids is 1.